The first-order valence-electron chi connectivity index (χ1n) is 7.16. The molecular formula is C15H21N3S2. The van der Waals surface area contributed by atoms with Crippen LogP contribution in [0.15, 0.2) is 11.4 Å². The Bertz CT molecular complexity index is 580. The molecule has 108 valence electrons. The van der Waals surface area contributed by atoms with E-state index in [1.807, 2.05) is 11.3 Å². The van der Waals surface area contributed by atoms with Crippen LogP contribution in [-0.2, 0) is 13.0 Å². The summed E-state index contributed by atoms with van der Waals surface area (Å²) >= 11 is 3.66. The van der Waals surface area contributed by atoms with Crippen LogP contribution in [0, 0.1) is 0 Å². The smallest absolute Gasteiger partial charge is 0.131 e. The number of hydrogen-bond acceptors (Lipinski definition) is 5. The molecule has 0 amide bonds. The van der Waals surface area contributed by atoms with Gasteiger partial charge in [0.2, 0.25) is 0 Å². The summed E-state index contributed by atoms with van der Waals surface area (Å²) in [6.45, 7) is 7.33. The van der Waals surface area contributed by atoms with Crippen molar-refractivity contribution in [2.45, 2.75) is 58.0 Å². The Morgan fingerprint density at radius 1 is 1.35 bits per heavy atom. The molecule has 0 saturated heterocycles. The maximum Gasteiger partial charge on any atom is 0.131 e. The predicted octanol–water partition coefficient (Wildman–Crippen LogP) is 3.96. The molecular weight excluding hydrogens is 286 g/mol. The van der Waals surface area contributed by atoms with Gasteiger partial charge in [-0.1, -0.05) is 11.3 Å². The number of fused-ring (bicyclic) bond motifs is 1. The number of aromatic nitrogens is 2. The molecule has 1 aliphatic rings. The Morgan fingerprint density at radius 2 is 2.20 bits per heavy atom. The molecule has 0 radical (unpaired) electrons. The topological polar surface area (TPSA) is 37.8 Å². The predicted molar refractivity (Wildman–Crippen MR) is 85.6 cm³/mol. The monoisotopic (exact) mass is 307 g/mol. The third-order valence-electron chi connectivity index (χ3n) is 3.60. The standard InChI is InChI=1S/C15H21N3S2/c1-15(2,3)16-9-13-17-18-14(20-13)11-5-4-6-12-10(11)7-8-19-12/h7-8,11,16H,4-6,9H2,1-3H3. The largest absolute Gasteiger partial charge is 0.306 e. The molecule has 2 aromatic rings. The molecule has 3 nitrogen and oxygen atoms in total. The Labute approximate surface area is 128 Å². The van der Waals surface area contributed by atoms with E-state index in [0.717, 1.165) is 11.6 Å². The lowest BCUT2D eigenvalue weighted by Crippen LogP contribution is -2.35. The van der Waals surface area contributed by atoms with E-state index in [2.05, 4.69) is 47.7 Å². The Morgan fingerprint density at radius 3 is 3.00 bits per heavy atom. The molecule has 20 heavy (non-hydrogen) atoms. The van der Waals surface area contributed by atoms with Crippen molar-refractivity contribution in [2.75, 3.05) is 0 Å². The lowest BCUT2D eigenvalue weighted by atomic mass is 9.88. The van der Waals surface area contributed by atoms with Gasteiger partial charge in [0.25, 0.3) is 0 Å². The summed E-state index contributed by atoms with van der Waals surface area (Å²) in [6.07, 6.45) is 3.72. The van der Waals surface area contributed by atoms with Crippen molar-refractivity contribution in [1.82, 2.24) is 15.5 Å². The third-order valence-corrected chi connectivity index (χ3v) is 5.64. The minimum absolute atomic E-state index is 0.122. The van der Waals surface area contributed by atoms with Crippen molar-refractivity contribution in [1.29, 1.82) is 0 Å². The Kier molecular flexibility index (Phi) is 3.93. The van der Waals surface area contributed by atoms with Gasteiger partial charge in [0.1, 0.15) is 10.0 Å². The normalized spacial score (nSPS) is 19.1. The van der Waals surface area contributed by atoms with Gasteiger partial charge in [0.15, 0.2) is 0 Å². The van der Waals surface area contributed by atoms with Gasteiger partial charge in [-0.15, -0.1) is 21.5 Å². The Hall–Kier alpha value is -0.780. The number of hydrogen-bond donors (Lipinski definition) is 1. The van der Waals surface area contributed by atoms with Gasteiger partial charge in [-0.05, 0) is 57.0 Å². The average molecular weight is 307 g/mol. The van der Waals surface area contributed by atoms with E-state index in [1.54, 1.807) is 16.2 Å². The first kappa shape index (κ1) is 14.2. The molecule has 0 spiro atoms. The molecule has 0 aliphatic heterocycles. The van der Waals surface area contributed by atoms with Crippen molar-refractivity contribution < 1.29 is 0 Å². The van der Waals surface area contributed by atoms with Gasteiger partial charge >= 0.3 is 0 Å². The van der Waals surface area contributed by atoms with Crippen molar-refractivity contribution >= 4 is 22.7 Å². The highest BCUT2D eigenvalue weighted by molar-refractivity contribution is 7.11. The molecule has 1 N–H and O–H groups in total. The summed E-state index contributed by atoms with van der Waals surface area (Å²) < 4.78 is 0. The lowest BCUT2D eigenvalue weighted by molar-refractivity contribution is 0.423. The molecule has 1 unspecified atom stereocenters. The third kappa shape index (κ3) is 3.10. The van der Waals surface area contributed by atoms with E-state index < -0.39 is 0 Å². The van der Waals surface area contributed by atoms with E-state index in [1.165, 1.54) is 29.8 Å². The SMILES string of the molecule is CC(C)(C)NCc1nnc(C2CCCc3sccc32)s1. The highest BCUT2D eigenvalue weighted by atomic mass is 32.1. The van der Waals surface area contributed by atoms with Gasteiger partial charge in [-0.3, -0.25) is 0 Å². The fraction of sp³-hybridized carbons (Fsp3) is 0.600. The first-order valence-corrected chi connectivity index (χ1v) is 8.86. The van der Waals surface area contributed by atoms with E-state index >= 15 is 0 Å². The second-order valence-corrected chi connectivity index (χ2v) is 8.48. The Balaban J connectivity index is 1.75. The van der Waals surface area contributed by atoms with Crippen LogP contribution in [0.5, 0.6) is 0 Å². The van der Waals surface area contributed by atoms with Gasteiger partial charge < -0.3 is 5.32 Å². The highest BCUT2D eigenvalue weighted by Gasteiger charge is 2.25. The maximum absolute atomic E-state index is 4.45. The molecule has 2 heterocycles. The van der Waals surface area contributed by atoms with Crippen molar-refractivity contribution in [3.8, 4) is 0 Å². The van der Waals surface area contributed by atoms with Crippen LogP contribution in [0.1, 0.15) is 60.0 Å². The number of nitrogens with zero attached hydrogens (tertiary/aromatic N) is 2. The van der Waals surface area contributed by atoms with Gasteiger partial charge in [-0.25, -0.2) is 0 Å². The van der Waals surface area contributed by atoms with Crippen LogP contribution < -0.4 is 5.32 Å². The molecule has 5 heteroatoms. The summed E-state index contributed by atoms with van der Waals surface area (Å²) in [5, 5.41) is 16.8. The lowest BCUT2D eigenvalue weighted by Gasteiger charge is -2.20. The average Bonchev–Trinajstić information content (AvgIpc) is 3.04. The fourth-order valence-corrected chi connectivity index (χ4v) is 4.49. The number of thiophene rings is 1. The molecule has 0 aromatic carbocycles. The summed E-state index contributed by atoms with van der Waals surface area (Å²) in [7, 11) is 0. The van der Waals surface area contributed by atoms with Gasteiger partial charge in [-0.2, -0.15) is 0 Å². The zero-order valence-corrected chi connectivity index (χ0v) is 13.9. The molecule has 1 aliphatic carbocycles. The maximum atomic E-state index is 4.45. The van der Waals surface area contributed by atoms with E-state index in [9.17, 15) is 0 Å². The second kappa shape index (κ2) is 5.54. The quantitative estimate of drug-likeness (QED) is 0.933. The van der Waals surface area contributed by atoms with Crippen LogP contribution in [0.25, 0.3) is 0 Å². The van der Waals surface area contributed by atoms with Crippen LogP contribution >= 0.6 is 22.7 Å². The first-order chi connectivity index (χ1) is 9.53. The molecule has 2 aromatic heterocycles. The minimum atomic E-state index is 0.122. The fourth-order valence-electron chi connectivity index (χ4n) is 2.56. The van der Waals surface area contributed by atoms with E-state index in [-0.39, 0.29) is 5.54 Å². The van der Waals surface area contributed by atoms with Crippen LogP contribution in [0.3, 0.4) is 0 Å². The van der Waals surface area contributed by atoms with E-state index in [4.69, 9.17) is 0 Å². The summed E-state index contributed by atoms with van der Waals surface area (Å²) in [5.41, 5.74) is 1.62. The van der Waals surface area contributed by atoms with Crippen LogP contribution in [-0.4, -0.2) is 15.7 Å². The van der Waals surface area contributed by atoms with Crippen LogP contribution in [0.4, 0.5) is 0 Å². The van der Waals surface area contributed by atoms with Crippen molar-refractivity contribution in [3.63, 3.8) is 0 Å². The second-order valence-electron chi connectivity index (χ2n) is 6.38. The summed E-state index contributed by atoms with van der Waals surface area (Å²) in [6, 6.07) is 2.28. The summed E-state index contributed by atoms with van der Waals surface area (Å²) in [5.74, 6) is 0.478. The number of aryl methyl sites for hydroxylation is 1. The minimum Gasteiger partial charge on any atom is -0.306 e. The summed E-state index contributed by atoms with van der Waals surface area (Å²) in [4.78, 5) is 1.55. The molecule has 0 saturated carbocycles. The van der Waals surface area contributed by atoms with Gasteiger partial charge in [0, 0.05) is 16.3 Å². The molecule has 3 rings (SSSR count). The van der Waals surface area contributed by atoms with Crippen LogP contribution in [0.2, 0.25) is 0 Å². The van der Waals surface area contributed by atoms with Crippen molar-refractivity contribution in [3.05, 3.63) is 31.9 Å². The number of rotatable bonds is 3. The number of nitrogens with one attached hydrogen (secondary N) is 1. The van der Waals surface area contributed by atoms with Crippen molar-refractivity contribution in [2.24, 2.45) is 0 Å². The highest BCUT2D eigenvalue weighted by Crippen LogP contribution is 2.40. The zero-order valence-electron chi connectivity index (χ0n) is 12.3. The molecule has 1 atom stereocenters. The zero-order chi connectivity index (χ0) is 14.2. The molecule has 0 bridgehead atoms. The van der Waals surface area contributed by atoms with Gasteiger partial charge in [0.05, 0.1) is 6.54 Å². The molecule has 0 fully saturated rings. The van der Waals surface area contributed by atoms with E-state index in [0.29, 0.717) is 5.92 Å².